The molecule has 0 spiro atoms. The molecule has 0 aromatic heterocycles. The number of carbonyl (C=O) groups is 1. The van der Waals surface area contributed by atoms with E-state index in [-0.39, 0.29) is 17.9 Å². The minimum absolute atomic E-state index is 0.0856. The number of quaternary nitrogens is 1. The Morgan fingerprint density at radius 1 is 1.19 bits per heavy atom. The van der Waals surface area contributed by atoms with E-state index >= 15 is 0 Å². The van der Waals surface area contributed by atoms with Gasteiger partial charge in [-0.2, -0.15) is 0 Å². The van der Waals surface area contributed by atoms with Gasteiger partial charge < -0.3 is 14.5 Å². The molecule has 0 radical (unpaired) electrons. The number of ether oxygens (including phenoxy) is 1. The van der Waals surface area contributed by atoms with Gasteiger partial charge in [-0.1, -0.05) is 32.9 Å². The van der Waals surface area contributed by atoms with E-state index in [1.165, 1.54) is 10.5 Å². The monoisotopic (exact) mass is 291 g/mol. The molecule has 0 atom stereocenters. The van der Waals surface area contributed by atoms with Crippen molar-refractivity contribution in [3.8, 4) is 5.75 Å². The van der Waals surface area contributed by atoms with E-state index in [9.17, 15) is 4.79 Å². The maximum absolute atomic E-state index is 12.1. The third-order valence-corrected chi connectivity index (χ3v) is 4.05. The molecule has 1 heterocycles. The van der Waals surface area contributed by atoms with Gasteiger partial charge in [0.1, 0.15) is 5.75 Å². The highest BCUT2D eigenvalue weighted by atomic mass is 16.5. The minimum Gasteiger partial charge on any atom is -0.484 e. The van der Waals surface area contributed by atoms with Gasteiger partial charge in [-0.3, -0.25) is 4.79 Å². The van der Waals surface area contributed by atoms with Crippen molar-refractivity contribution in [3.63, 3.8) is 0 Å². The van der Waals surface area contributed by atoms with Crippen LogP contribution in [0.25, 0.3) is 0 Å². The first-order chi connectivity index (χ1) is 9.86. The predicted molar refractivity (Wildman–Crippen MR) is 83.8 cm³/mol. The Bertz CT molecular complexity index is 469. The Hall–Kier alpha value is -1.55. The Labute approximate surface area is 127 Å². The quantitative estimate of drug-likeness (QED) is 0.890. The van der Waals surface area contributed by atoms with Gasteiger partial charge in [-0.15, -0.1) is 0 Å². The van der Waals surface area contributed by atoms with Crippen LogP contribution in [0.1, 0.15) is 26.3 Å². The molecule has 0 aliphatic carbocycles. The fourth-order valence-electron chi connectivity index (χ4n) is 2.43. The molecule has 1 aromatic carbocycles. The summed E-state index contributed by atoms with van der Waals surface area (Å²) >= 11 is 0. The van der Waals surface area contributed by atoms with Gasteiger partial charge in [-0.25, -0.2) is 0 Å². The molecule has 4 nitrogen and oxygen atoms in total. The third-order valence-electron chi connectivity index (χ3n) is 4.05. The van der Waals surface area contributed by atoms with Gasteiger partial charge in [0.05, 0.1) is 33.2 Å². The van der Waals surface area contributed by atoms with Crippen molar-refractivity contribution in [1.82, 2.24) is 4.90 Å². The Morgan fingerprint density at radius 2 is 1.76 bits per heavy atom. The van der Waals surface area contributed by atoms with Crippen molar-refractivity contribution < 1.29 is 14.4 Å². The summed E-state index contributed by atoms with van der Waals surface area (Å²) in [5.41, 5.74) is 1.40. The van der Waals surface area contributed by atoms with Crippen LogP contribution in [0.2, 0.25) is 0 Å². The number of hydrogen-bond acceptors (Lipinski definition) is 2. The largest absolute Gasteiger partial charge is 0.484 e. The number of rotatable bonds is 3. The van der Waals surface area contributed by atoms with E-state index < -0.39 is 0 Å². The minimum atomic E-state index is 0.0856. The lowest BCUT2D eigenvalue weighted by Gasteiger charge is -2.30. The zero-order valence-corrected chi connectivity index (χ0v) is 13.6. The lowest BCUT2D eigenvalue weighted by Crippen LogP contribution is -3.12. The summed E-state index contributed by atoms with van der Waals surface area (Å²) in [5, 5.41) is 0. The predicted octanol–water partition coefficient (Wildman–Crippen LogP) is 0.720. The number of likely N-dealkylation sites (N-methyl/N-ethyl adjacent to an activating group) is 1. The number of nitrogens with one attached hydrogen (secondary N) is 1. The molecule has 1 aliphatic rings. The van der Waals surface area contributed by atoms with Crippen LogP contribution in [0.3, 0.4) is 0 Å². The van der Waals surface area contributed by atoms with E-state index in [2.05, 4.69) is 40.0 Å². The van der Waals surface area contributed by atoms with E-state index in [1.54, 1.807) is 0 Å². The van der Waals surface area contributed by atoms with Gasteiger partial charge in [0.15, 0.2) is 6.61 Å². The second-order valence-corrected chi connectivity index (χ2v) is 6.90. The summed E-state index contributed by atoms with van der Waals surface area (Å²) in [7, 11) is 2.16. The molecule has 1 fully saturated rings. The van der Waals surface area contributed by atoms with Gasteiger partial charge in [0.25, 0.3) is 5.91 Å². The first kappa shape index (κ1) is 15.8. The molecular weight excluding hydrogens is 264 g/mol. The van der Waals surface area contributed by atoms with Crippen LogP contribution in [-0.2, 0) is 10.2 Å². The zero-order valence-electron chi connectivity index (χ0n) is 13.6. The van der Waals surface area contributed by atoms with Crippen LogP contribution >= 0.6 is 0 Å². The molecule has 116 valence electrons. The highest BCUT2D eigenvalue weighted by Gasteiger charge is 2.21. The zero-order chi connectivity index (χ0) is 15.5. The second kappa shape index (κ2) is 6.48. The lowest BCUT2D eigenvalue weighted by molar-refractivity contribution is -0.883. The van der Waals surface area contributed by atoms with Crippen molar-refractivity contribution in [2.75, 3.05) is 39.8 Å². The molecule has 0 unspecified atom stereocenters. The SMILES string of the molecule is C[NH+]1CCN(C(=O)COc2ccc(C(C)(C)C)cc2)CC1. The van der Waals surface area contributed by atoms with E-state index in [0.717, 1.165) is 31.9 Å². The molecule has 1 aromatic rings. The normalized spacial score (nSPS) is 16.9. The summed E-state index contributed by atoms with van der Waals surface area (Å²) in [6.07, 6.45) is 0. The van der Waals surface area contributed by atoms with Crippen molar-refractivity contribution in [1.29, 1.82) is 0 Å². The molecular formula is C17H27N2O2+. The van der Waals surface area contributed by atoms with Gasteiger partial charge in [0, 0.05) is 0 Å². The maximum atomic E-state index is 12.1. The number of amides is 1. The molecule has 1 N–H and O–H groups in total. The molecule has 4 heteroatoms. The highest BCUT2D eigenvalue weighted by Crippen LogP contribution is 2.24. The summed E-state index contributed by atoms with van der Waals surface area (Å²) in [6, 6.07) is 8.03. The number of piperazine rings is 1. The summed E-state index contributed by atoms with van der Waals surface area (Å²) in [6.45, 7) is 10.4. The summed E-state index contributed by atoms with van der Waals surface area (Å²) < 4.78 is 5.62. The van der Waals surface area contributed by atoms with Crippen LogP contribution in [0, 0.1) is 0 Å². The van der Waals surface area contributed by atoms with Crippen LogP contribution in [0.5, 0.6) is 5.75 Å². The standard InChI is InChI=1S/C17H26N2O2/c1-17(2,3)14-5-7-15(8-6-14)21-13-16(20)19-11-9-18(4)10-12-19/h5-8H,9-13H2,1-4H3/p+1. The molecule has 2 rings (SSSR count). The van der Waals surface area contributed by atoms with Crippen LogP contribution in [0.4, 0.5) is 0 Å². The summed E-state index contributed by atoms with van der Waals surface area (Å²) in [4.78, 5) is 15.5. The highest BCUT2D eigenvalue weighted by molar-refractivity contribution is 5.77. The van der Waals surface area contributed by atoms with E-state index in [1.807, 2.05) is 17.0 Å². The van der Waals surface area contributed by atoms with E-state index in [4.69, 9.17) is 4.74 Å². The molecule has 1 saturated heterocycles. The fraction of sp³-hybridized carbons (Fsp3) is 0.588. The number of nitrogens with zero attached hydrogens (tertiary/aromatic N) is 1. The van der Waals surface area contributed by atoms with Crippen LogP contribution < -0.4 is 9.64 Å². The van der Waals surface area contributed by atoms with Crippen LogP contribution in [-0.4, -0.2) is 50.6 Å². The second-order valence-electron chi connectivity index (χ2n) is 6.90. The van der Waals surface area contributed by atoms with Gasteiger partial charge >= 0.3 is 0 Å². The Kier molecular flexibility index (Phi) is 4.88. The number of benzene rings is 1. The average molecular weight is 291 g/mol. The average Bonchev–Trinajstić information content (AvgIpc) is 2.45. The first-order valence-electron chi connectivity index (χ1n) is 7.69. The van der Waals surface area contributed by atoms with Crippen molar-refractivity contribution in [3.05, 3.63) is 29.8 Å². The third kappa shape index (κ3) is 4.46. The van der Waals surface area contributed by atoms with Crippen molar-refractivity contribution in [2.24, 2.45) is 0 Å². The van der Waals surface area contributed by atoms with Gasteiger partial charge in [-0.05, 0) is 23.1 Å². The lowest BCUT2D eigenvalue weighted by atomic mass is 9.87. The number of carbonyl (C=O) groups excluding carboxylic acids is 1. The smallest absolute Gasteiger partial charge is 0.260 e. The summed E-state index contributed by atoms with van der Waals surface area (Å²) in [5.74, 6) is 0.846. The van der Waals surface area contributed by atoms with Crippen molar-refractivity contribution >= 4 is 5.91 Å². The van der Waals surface area contributed by atoms with Crippen molar-refractivity contribution in [2.45, 2.75) is 26.2 Å². The molecule has 1 amide bonds. The topological polar surface area (TPSA) is 34.0 Å². The Morgan fingerprint density at radius 3 is 2.29 bits per heavy atom. The molecule has 0 saturated carbocycles. The van der Waals surface area contributed by atoms with Gasteiger partial charge in [0.2, 0.25) is 0 Å². The maximum Gasteiger partial charge on any atom is 0.260 e. The van der Waals surface area contributed by atoms with E-state index in [0.29, 0.717) is 0 Å². The first-order valence-corrected chi connectivity index (χ1v) is 7.69. The molecule has 21 heavy (non-hydrogen) atoms. The molecule has 0 bridgehead atoms. The fourth-order valence-corrected chi connectivity index (χ4v) is 2.43. The van der Waals surface area contributed by atoms with Crippen LogP contribution in [0.15, 0.2) is 24.3 Å². The Balaban J connectivity index is 1.84. The molecule has 1 aliphatic heterocycles. The number of hydrogen-bond donors (Lipinski definition) is 1.